The minimum absolute atomic E-state index is 0.0143. The summed E-state index contributed by atoms with van der Waals surface area (Å²) in [6, 6.07) is 3.75. The number of piperazine rings is 1. The lowest BCUT2D eigenvalue weighted by Crippen LogP contribution is -2.53. The minimum Gasteiger partial charge on any atom is -0.339 e. The average molecular weight is 378 g/mol. The predicted octanol–water partition coefficient (Wildman–Crippen LogP) is 2.37. The topological polar surface area (TPSA) is 69.7 Å². The highest BCUT2D eigenvalue weighted by molar-refractivity contribution is 6.34. The van der Waals surface area contributed by atoms with Gasteiger partial charge in [0.2, 0.25) is 17.7 Å². The van der Waals surface area contributed by atoms with E-state index in [9.17, 15) is 14.4 Å². The summed E-state index contributed by atoms with van der Waals surface area (Å²) in [5.74, 6) is -0.412. The minimum atomic E-state index is -0.987. The number of nitrogens with one attached hydrogen (secondary N) is 1. The first-order chi connectivity index (χ1) is 12.2. The van der Waals surface area contributed by atoms with Gasteiger partial charge in [0.25, 0.3) is 0 Å². The van der Waals surface area contributed by atoms with Gasteiger partial charge in [0.15, 0.2) is 0 Å². The normalized spacial score (nSPS) is 18.5. The Bertz CT molecular complexity index is 742. The molecular weight excluding hydrogens is 354 g/mol. The summed E-state index contributed by atoms with van der Waals surface area (Å²) in [4.78, 5) is 40.7. The fourth-order valence-corrected chi connectivity index (χ4v) is 3.87. The highest BCUT2D eigenvalue weighted by Crippen LogP contribution is 2.48. The van der Waals surface area contributed by atoms with Crippen molar-refractivity contribution in [2.24, 2.45) is 5.41 Å². The number of rotatable bonds is 3. The molecule has 1 aromatic rings. The molecule has 1 heterocycles. The first-order valence-electron chi connectivity index (χ1n) is 8.88. The maximum absolute atomic E-state index is 12.9. The zero-order valence-electron chi connectivity index (χ0n) is 15.4. The highest BCUT2D eigenvalue weighted by Gasteiger charge is 2.58. The van der Waals surface area contributed by atoms with Gasteiger partial charge in [-0.15, -0.1) is 0 Å². The van der Waals surface area contributed by atoms with Crippen LogP contribution in [0, 0.1) is 19.3 Å². The zero-order chi connectivity index (χ0) is 19.1. The van der Waals surface area contributed by atoms with E-state index in [4.69, 9.17) is 11.6 Å². The molecule has 2 fully saturated rings. The first kappa shape index (κ1) is 18.7. The van der Waals surface area contributed by atoms with Crippen LogP contribution in [0.3, 0.4) is 0 Å². The van der Waals surface area contributed by atoms with Crippen molar-refractivity contribution in [2.75, 3.05) is 31.5 Å². The second-order valence-electron chi connectivity index (χ2n) is 7.27. The summed E-state index contributed by atoms with van der Waals surface area (Å²) in [6.07, 6.45) is 1.10. The smallest absolute Gasteiger partial charge is 0.240 e. The Labute approximate surface area is 158 Å². The van der Waals surface area contributed by atoms with Crippen molar-refractivity contribution >= 4 is 35.0 Å². The highest BCUT2D eigenvalue weighted by atomic mass is 35.5. The number of nitrogens with zero attached hydrogens (tertiary/aromatic N) is 2. The van der Waals surface area contributed by atoms with E-state index in [0.29, 0.717) is 49.7 Å². The number of halogens is 1. The van der Waals surface area contributed by atoms with Crippen LogP contribution in [0.2, 0.25) is 5.02 Å². The molecule has 0 bridgehead atoms. The van der Waals surface area contributed by atoms with Crippen molar-refractivity contribution < 1.29 is 14.4 Å². The van der Waals surface area contributed by atoms with Crippen LogP contribution in [0.4, 0.5) is 5.69 Å². The van der Waals surface area contributed by atoms with Gasteiger partial charge in [0.1, 0.15) is 5.41 Å². The summed E-state index contributed by atoms with van der Waals surface area (Å²) in [6.45, 7) is 7.33. The van der Waals surface area contributed by atoms with Gasteiger partial charge >= 0.3 is 0 Å². The van der Waals surface area contributed by atoms with E-state index >= 15 is 0 Å². The molecule has 0 radical (unpaired) electrons. The predicted molar refractivity (Wildman–Crippen MR) is 100 cm³/mol. The average Bonchev–Trinajstić information content (AvgIpc) is 3.39. The third-order valence-electron chi connectivity index (χ3n) is 5.28. The van der Waals surface area contributed by atoms with E-state index in [-0.39, 0.29) is 17.7 Å². The Morgan fingerprint density at radius 1 is 1.04 bits per heavy atom. The number of aryl methyl sites for hydroxylation is 2. The van der Waals surface area contributed by atoms with Crippen LogP contribution >= 0.6 is 11.6 Å². The summed E-state index contributed by atoms with van der Waals surface area (Å²) in [5.41, 5.74) is 1.48. The van der Waals surface area contributed by atoms with Crippen LogP contribution in [0.5, 0.6) is 0 Å². The van der Waals surface area contributed by atoms with E-state index in [0.717, 1.165) is 11.1 Å². The number of hydrogen-bond acceptors (Lipinski definition) is 3. The molecule has 1 saturated heterocycles. The second kappa shape index (κ2) is 6.91. The van der Waals surface area contributed by atoms with Crippen molar-refractivity contribution in [1.29, 1.82) is 0 Å². The fourth-order valence-electron chi connectivity index (χ4n) is 3.50. The molecule has 26 heavy (non-hydrogen) atoms. The zero-order valence-corrected chi connectivity index (χ0v) is 16.2. The molecule has 1 aliphatic heterocycles. The molecule has 1 aromatic carbocycles. The lowest BCUT2D eigenvalue weighted by atomic mass is 10.0. The van der Waals surface area contributed by atoms with Gasteiger partial charge in [-0.1, -0.05) is 17.7 Å². The number of carbonyl (C=O) groups is 3. The first-order valence-corrected chi connectivity index (χ1v) is 9.25. The van der Waals surface area contributed by atoms with Crippen molar-refractivity contribution in [3.8, 4) is 0 Å². The van der Waals surface area contributed by atoms with Gasteiger partial charge in [0, 0.05) is 33.1 Å². The van der Waals surface area contributed by atoms with Gasteiger partial charge in [-0.3, -0.25) is 14.4 Å². The summed E-state index contributed by atoms with van der Waals surface area (Å²) in [7, 11) is 0. The van der Waals surface area contributed by atoms with E-state index in [1.807, 2.05) is 19.9 Å². The number of carbonyl (C=O) groups excluding carboxylic acids is 3. The van der Waals surface area contributed by atoms with Crippen LogP contribution in [0.15, 0.2) is 12.1 Å². The van der Waals surface area contributed by atoms with E-state index < -0.39 is 5.41 Å². The van der Waals surface area contributed by atoms with Crippen molar-refractivity contribution in [2.45, 2.75) is 33.6 Å². The Hall–Kier alpha value is -2.08. The molecule has 6 nitrogen and oxygen atoms in total. The summed E-state index contributed by atoms with van der Waals surface area (Å²) >= 11 is 6.28. The standard InChI is InChI=1S/C19H24ClN3O3/c1-12-10-13(2)16(15(20)11-12)21-17(25)19(4-5-19)18(26)23-8-6-22(7-9-23)14(3)24/h10-11H,4-9H2,1-3H3,(H,21,25). The van der Waals surface area contributed by atoms with Crippen molar-refractivity contribution in [3.05, 3.63) is 28.3 Å². The fraction of sp³-hybridized carbons (Fsp3) is 0.526. The molecule has 140 valence electrons. The Kier molecular flexibility index (Phi) is 4.97. The third-order valence-corrected chi connectivity index (χ3v) is 5.57. The summed E-state index contributed by atoms with van der Waals surface area (Å²) in [5, 5.41) is 3.35. The van der Waals surface area contributed by atoms with Gasteiger partial charge in [0.05, 0.1) is 10.7 Å². The van der Waals surface area contributed by atoms with E-state index in [1.165, 1.54) is 6.92 Å². The molecule has 0 aromatic heterocycles. The number of amides is 3. The lowest BCUT2D eigenvalue weighted by Gasteiger charge is -2.36. The van der Waals surface area contributed by atoms with Gasteiger partial charge in [-0.2, -0.15) is 0 Å². The number of benzene rings is 1. The van der Waals surface area contributed by atoms with E-state index in [1.54, 1.807) is 15.9 Å². The molecule has 0 atom stereocenters. The molecule has 7 heteroatoms. The molecule has 0 spiro atoms. The Morgan fingerprint density at radius 3 is 2.12 bits per heavy atom. The third kappa shape index (κ3) is 3.43. The summed E-state index contributed by atoms with van der Waals surface area (Å²) < 4.78 is 0. The van der Waals surface area contributed by atoms with Crippen LogP contribution in [-0.4, -0.2) is 53.7 Å². The number of hydrogen-bond donors (Lipinski definition) is 1. The molecule has 3 rings (SSSR count). The van der Waals surface area contributed by atoms with Crippen molar-refractivity contribution in [3.63, 3.8) is 0 Å². The number of anilines is 1. The van der Waals surface area contributed by atoms with E-state index in [2.05, 4.69) is 5.32 Å². The second-order valence-corrected chi connectivity index (χ2v) is 7.68. The maximum atomic E-state index is 12.9. The molecular formula is C19H24ClN3O3. The molecule has 2 aliphatic rings. The van der Waals surface area contributed by atoms with Crippen LogP contribution in [0.1, 0.15) is 30.9 Å². The molecule has 0 unspecified atom stereocenters. The van der Waals surface area contributed by atoms with Gasteiger partial charge in [-0.05, 0) is 43.9 Å². The SMILES string of the molecule is CC(=O)N1CCN(C(=O)C2(C(=O)Nc3c(C)cc(C)cc3Cl)CC2)CC1. The van der Waals surface area contributed by atoms with Crippen LogP contribution in [-0.2, 0) is 14.4 Å². The molecule has 1 aliphatic carbocycles. The maximum Gasteiger partial charge on any atom is 0.240 e. The monoisotopic (exact) mass is 377 g/mol. The van der Waals surface area contributed by atoms with Gasteiger partial charge in [-0.25, -0.2) is 0 Å². The van der Waals surface area contributed by atoms with Crippen LogP contribution < -0.4 is 5.32 Å². The molecule has 1 N–H and O–H groups in total. The largest absolute Gasteiger partial charge is 0.339 e. The lowest BCUT2D eigenvalue weighted by molar-refractivity contribution is -0.146. The molecule has 3 amide bonds. The quantitative estimate of drug-likeness (QED) is 0.822. The Morgan fingerprint density at radius 2 is 1.62 bits per heavy atom. The Balaban J connectivity index is 1.70. The molecule has 1 saturated carbocycles. The van der Waals surface area contributed by atoms with Gasteiger partial charge < -0.3 is 15.1 Å². The van der Waals surface area contributed by atoms with Crippen LogP contribution in [0.25, 0.3) is 0 Å². The van der Waals surface area contributed by atoms with Crippen molar-refractivity contribution in [1.82, 2.24) is 9.80 Å².